The summed E-state index contributed by atoms with van der Waals surface area (Å²) in [6.07, 6.45) is 0. The smallest absolute Gasteiger partial charge is 0.238 e. The van der Waals surface area contributed by atoms with E-state index < -0.39 is 5.41 Å². The third kappa shape index (κ3) is 5.65. The summed E-state index contributed by atoms with van der Waals surface area (Å²) in [5.74, 6) is 1.82. The van der Waals surface area contributed by atoms with E-state index in [1.54, 1.807) is 0 Å². The van der Waals surface area contributed by atoms with Gasteiger partial charge in [-0.3, -0.25) is 4.57 Å². The molecule has 290 valence electrons. The van der Waals surface area contributed by atoms with Crippen molar-refractivity contribution in [2.45, 2.75) is 5.41 Å². The Hall–Kier alpha value is -8.21. The maximum atomic E-state index is 5.22. The highest BCUT2D eigenvalue weighted by Gasteiger charge is 2.46. The molecule has 0 N–H and O–H groups in total. The molecule has 0 atom stereocenters. The molecule has 11 aromatic rings. The lowest BCUT2D eigenvalue weighted by atomic mass is 9.67. The third-order valence-corrected chi connectivity index (χ3v) is 12.6. The molecule has 0 spiro atoms. The Kier molecular flexibility index (Phi) is 8.36. The van der Waals surface area contributed by atoms with Gasteiger partial charge in [-0.25, -0.2) is 4.98 Å². The standard InChI is InChI=1S/C58H38N4/c1-5-17-39(18-6-1)40-29-31-42(32-30-40)56-59-55(41-19-7-2-8-20-41)60-57(61-56)62-53-28-16-14-26-48(53)50-38-44(34-36-54(50)62)43-33-35-52-49(37-43)47-25-13-15-27-51(47)58(52,45-21-9-3-10-22-45)46-23-11-4-12-24-46/h1-38H. The van der Waals surface area contributed by atoms with Crippen molar-refractivity contribution in [2.75, 3.05) is 0 Å². The summed E-state index contributed by atoms with van der Waals surface area (Å²) in [5.41, 5.74) is 15.8. The van der Waals surface area contributed by atoms with E-state index in [0.717, 1.165) is 44.1 Å². The van der Waals surface area contributed by atoms with E-state index in [1.165, 1.54) is 44.5 Å². The van der Waals surface area contributed by atoms with Gasteiger partial charge in [0.2, 0.25) is 5.95 Å². The summed E-state index contributed by atoms with van der Waals surface area (Å²) in [4.78, 5) is 15.5. The van der Waals surface area contributed by atoms with E-state index in [1.807, 2.05) is 24.3 Å². The quantitative estimate of drug-likeness (QED) is 0.161. The van der Waals surface area contributed by atoms with Crippen molar-refractivity contribution < 1.29 is 0 Å². The summed E-state index contributed by atoms with van der Waals surface area (Å²) in [6.45, 7) is 0. The minimum atomic E-state index is -0.434. The van der Waals surface area contributed by atoms with E-state index in [4.69, 9.17) is 15.0 Å². The summed E-state index contributed by atoms with van der Waals surface area (Å²) in [6, 6.07) is 82.4. The fourth-order valence-electron chi connectivity index (χ4n) is 9.75. The van der Waals surface area contributed by atoms with Crippen LogP contribution >= 0.6 is 0 Å². The van der Waals surface area contributed by atoms with Crippen molar-refractivity contribution in [2.24, 2.45) is 0 Å². The molecule has 1 aliphatic carbocycles. The van der Waals surface area contributed by atoms with E-state index in [-0.39, 0.29) is 0 Å². The molecule has 4 heteroatoms. The average molecular weight is 791 g/mol. The summed E-state index contributed by atoms with van der Waals surface area (Å²) < 4.78 is 2.19. The Balaban J connectivity index is 1.02. The first-order valence-corrected chi connectivity index (χ1v) is 21.1. The van der Waals surface area contributed by atoms with Crippen LogP contribution in [0.25, 0.3) is 83.9 Å². The molecule has 0 bridgehead atoms. The van der Waals surface area contributed by atoms with E-state index in [0.29, 0.717) is 17.6 Å². The van der Waals surface area contributed by atoms with Gasteiger partial charge in [-0.05, 0) is 79.9 Å². The van der Waals surface area contributed by atoms with Gasteiger partial charge < -0.3 is 0 Å². The van der Waals surface area contributed by atoms with Gasteiger partial charge in [0.15, 0.2) is 11.6 Å². The lowest BCUT2D eigenvalue weighted by Gasteiger charge is -2.33. The number of rotatable bonds is 7. The maximum absolute atomic E-state index is 5.22. The Labute approximate surface area is 360 Å². The SMILES string of the molecule is c1ccc(-c2ccc(-c3nc(-c4ccccc4)nc(-n4c5ccccc5c5cc(-c6ccc7c(c6)-c6ccccc6C7(c6ccccc6)c6ccccc6)ccc54)n3)cc2)cc1. The summed E-state index contributed by atoms with van der Waals surface area (Å²) in [5, 5.41) is 2.27. The number of aromatic nitrogens is 4. The highest BCUT2D eigenvalue weighted by Crippen LogP contribution is 2.56. The second-order valence-electron chi connectivity index (χ2n) is 16.0. The number of benzene rings is 9. The van der Waals surface area contributed by atoms with Gasteiger partial charge in [-0.1, -0.05) is 206 Å². The Morgan fingerprint density at radius 3 is 1.47 bits per heavy atom. The maximum Gasteiger partial charge on any atom is 0.238 e. The topological polar surface area (TPSA) is 43.6 Å². The lowest BCUT2D eigenvalue weighted by molar-refractivity contribution is 0.768. The Morgan fingerprint density at radius 2 is 0.774 bits per heavy atom. The first-order chi connectivity index (χ1) is 30.7. The number of hydrogen-bond donors (Lipinski definition) is 0. The highest BCUT2D eigenvalue weighted by atomic mass is 15.2. The predicted octanol–water partition coefficient (Wildman–Crippen LogP) is 14.0. The molecule has 0 radical (unpaired) electrons. The zero-order chi connectivity index (χ0) is 41.0. The van der Waals surface area contributed by atoms with Gasteiger partial charge >= 0.3 is 0 Å². The molecule has 2 heterocycles. The molecular weight excluding hydrogens is 753 g/mol. The molecular formula is C58H38N4. The van der Waals surface area contributed by atoms with Crippen LogP contribution < -0.4 is 0 Å². The van der Waals surface area contributed by atoms with Crippen molar-refractivity contribution in [1.82, 2.24) is 19.5 Å². The van der Waals surface area contributed by atoms with Gasteiger partial charge in [0, 0.05) is 21.9 Å². The van der Waals surface area contributed by atoms with Crippen molar-refractivity contribution in [3.05, 3.63) is 253 Å². The minimum Gasteiger partial charge on any atom is -0.278 e. The van der Waals surface area contributed by atoms with Gasteiger partial charge in [-0.15, -0.1) is 0 Å². The first-order valence-electron chi connectivity index (χ1n) is 21.1. The summed E-state index contributed by atoms with van der Waals surface area (Å²) in [7, 11) is 0. The molecule has 2 aromatic heterocycles. The molecule has 0 fully saturated rings. The molecule has 4 nitrogen and oxygen atoms in total. The van der Waals surface area contributed by atoms with Gasteiger partial charge in [-0.2, -0.15) is 9.97 Å². The van der Waals surface area contributed by atoms with Crippen LogP contribution in [0.1, 0.15) is 22.3 Å². The molecule has 0 unspecified atom stereocenters. The van der Waals surface area contributed by atoms with Crippen molar-refractivity contribution in [1.29, 1.82) is 0 Å². The number of nitrogens with zero attached hydrogens (tertiary/aromatic N) is 4. The molecule has 0 aliphatic heterocycles. The third-order valence-electron chi connectivity index (χ3n) is 12.6. The number of hydrogen-bond acceptors (Lipinski definition) is 3. The normalized spacial score (nSPS) is 12.6. The van der Waals surface area contributed by atoms with Crippen LogP contribution in [0, 0.1) is 0 Å². The molecule has 62 heavy (non-hydrogen) atoms. The monoisotopic (exact) mass is 790 g/mol. The van der Waals surface area contributed by atoms with E-state index in [2.05, 4.69) is 211 Å². The zero-order valence-electron chi connectivity index (χ0n) is 33.7. The molecule has 0 amide bonds. The molecule has 9 aromatic carbocycles. The van der Waals surface area contributed by atoms with Gasteiger partial charge in [0.1, 0.15) is 0 Å². The lowest BCUT2D eigenvalue weighted by Crippen LogP contribution is -2.28. The van der Waals surface area contributed by atoms with Crippen LogP contribution in [0.2, 0.25) is 0 Å². The van der Waals surface area contributed by atoms with Gasteiger partial charge in [0.25, 0.3) is 0 Å². The molecule has 0 saturated carbocycles. The van der Waals surface area contributed by atoms with E-state index >= 15 is 0 Å². The second-order valence-corrected chi connectivity index (χ2v) is 16.0. The van der Waals surface area contributed by atoms with Crippen LogP contribution in [-0.4, -0.2) is 19.5 Å². The Morgan fingerprint density at radius 1 is 0.306 bits per heavy atom. The zero-order valence-corrected chi connectivity index (χ0v) is 33.7. The van der Waals surface area contributed by atoms with Crippen LogP contribution in [-0.2, 0) is 5.41 Å². The van der Waals surface area contributed by atoms with Crippen molar-refractivity contribution in [3.8, 4) is 62.1 Å². The largest absolute Gasteiger partial charge is 0.278 e. The van der Waals surface area contributed by atoms with Crippen molar-refractivity contribution in [3.63, 3.8) is 0 Å². The van der Waals surface area contributed by atoms with Crippen LogP contribution in [0.3, 0.4) is 0 Å². The highest BCUT2D eigenvalue weighted by molar-refractivity contribution is 6.10. The Bertz CT molecular complexity index is 3390. The van der Waals surface area contributed by atoms with Crippen molar-refractivity contribution >= 4 is 21.8 Å². The average Bonchev–Trinajstić information content (AvgIpc) is 3.85. The minimum absolute atomic E-state index is 0.434. The summed E-state index contributed by atoms with van der Waals surface area (Å²) >= 11 is 0. The number of para-hydroxylation sites is 1. The number of fused-ring (bicyclic) bond motifs is 6. The van der Waals surface area contributed by atoms with Crippen LogP contribution in [0.4, 0.5) is 0 Å². The predicted molar refractivity (Wildman–Crippen MR) is 253 cm³/mol. The first kappa shape index (κ1) is 35.7. The van der Waals surface area contributed by atoms with Crippen LogP contribution in [0.5, 0.6) is 0 Å². The fraction of sp³-hybridized carbons (Fsp3) is 0.0172. The second kappa shape index (κ2) is 14.5. The fourth-order valence-corrected chi connectivity index (χ4v) is 9.75. The van der Waals surface area contributed by atoms with Gasteiger partial charge in [0.05, 0.1) is 16.4 Å². The molecule has 1 aliphatic rings. The molecule has 0 saturated heterocycles. The van der Waals surface area contributed by atoms with Crippen LogP contribution in [0.15, 0.2) is 231 Å². The van der Waals surface area contributed by atoms with E-state index in [9.17, 15) is 0 Å². The molecule has 12 rings (SSSR count).